The zero-order valence-electron chi connectivity index (χ0n) is 11.2. The molecule has 20 heavy (non-hydrogen) atoms. The van der Waals surface area contributed by atoms with Gasteiger partial charge in [-0.25, -0.2) is 0 Å². The topological polar surface area (TPSA) is 27.7 Å². The number of rotatable bonds is 6. The minimum absolute atomic E-state index is 0.0590. The molecule has 1 saturated heterocycles. The third kappa shape index (κ3) is 5.12. The van der Waals surface area contributed by atoms with E-state index in [1.54, 1.807) is 0 Å². The van der Waals surface area contributed by atoms with Crippen LogP contribution in [0.2, 0.25) is 0 Å². The summed E-state index contributed by atoms with van der Waals surface area (Å²) in [7, 11) is 9.93. The van der Waals surface area contributed by atoms with Crippen LogP contribution in [0.25, 0.3) is 0 Å². The van der Waals surface area contributed by atoms with Crippen molar-refractivity contribution in [2.75, 3.05) is 0 Å². The summed E-state index contributed by atoms with van der Waals surface area (Å²) >= 11 is 5.70. The summed E-state index contributed by atoms with van der Waals surface area (Å²) < 4.78 is 18.2. The highest BCUT2D eigenvalue weighted by Crippen LogP contribution is 2.70. The lowest BCUT2D eigenvalue weighted by molar-refractivity contribution is -0.114. The molecule has 116 valence electrons. The minimum Gasteiger partial charge on any atom is -0.345 e. The molecule has 1 fully saturated rings. The second kappa shape index (κ2) is 9.90. The van der Waals surface area contributed by atoms with Crippen LogP contribution in [0.5, 0.6) is 0 Å². The summed E-state index contributed by atoms with van der Waals surface area (Å²) in [6.45, 7) is 4.18. The zero-order valence-corrected chi connectivity index (χ0v) is 19.4. The van der Waals surface area contributed by atoms with Gasteiger partial charge in [-0.3, -0.25) is 0 Å². The van der Waals surface area contributed by atoms with Gasteiger partial charge >= 0.3 is 0 Å². The Morgan fingerprint density at radius 3 is 2.55 bits per heavy atom. The zero-order chi connectivity index (χ0) is 15.3. The molecular weight excluding hydrogens is 408 g/mol. The van der Waals surface area contributed by atoms with E-state index in [1.807, 2.05) is 0 Å². The summed E-state index contributed by atoms with van der Waals surface area (Å²) in [5, 5.41) is 2.49. The van der Waals surface area contributed by atoms with Crippen LogP contribution in [0.4, 0.5) is 0 Å². The molecule has 0 N–H and O–H groups in total. The van der Waals surface area contributed by atoms with Crippen LogP contribution in [0.1, 0.15) is 20.3 Å². The molecule has 0 amide bonds. The van der Waals surface area contributed by atoms with Crippen molar-refractivity contribution < 1.29 is 13.8 Å². The molecule has 1 aliphatic heterocycles. The fourth-order valence-electron chi connectivity index (χ4n) is 2.12. The van der Waals surface area contributed by atoms with E-state index in [9.17, 15) is 0 Å². The van der Waals surface area contributed by atoms with Crippen molar-refractivity contribution in [2.24, 2.45) is 5.92 Å². The van der Waals surface area contributed by atoms with Gasteiger partial charge in [0.15, 0.2) is 5.60 Å². The van der Waals surface area contributed by atoms with Crippen molar-refractivity contribution in [3.63, 3.8) is 0 Å². The molecule has 10 atom stereocenters. The first-order chi connectivity index (χ1) is 9.41. The van der Waals surface area contributed by atoms with E-state index in [4.69, 9.17) is 25.4 Å². The van der Waals surface area contributed by atoms with E-state index in [0.717, 1.165) is 6.42 Å². The Kier molecular flexibility index (Phi) is 10.3. The molecule has 0 bridgehead atoms. The van der Waals surface area contributed by atoms with E-state index < -0.39 is 26.9 Å². The average Bonchev–Trinajstić information content (AvgIpc) is 2.64. The summed E-state index contributed by atoms with van der Waals surface area (Å²) in [4.78, 5) is 0. The molecule has 1 aliphatic rings. The van der Waals surface area contributed by atoms with Gasteiger partial charge in [-0.2, -0.15) is 0 Å². The van der Waals surface area contributed by atoms with Crippen molar-refractivity contribution >= 4 is 70.3 Å². The SMILES string of the molecule is CC[C@H]1OC(OP(P)P)[C@](C#CCl)(OP(P)PP)[C@@H]1C. The quantitative estimate of drug-likeness (QED) is 0.426. The van der Waals surface area contributed by atoms with Crippen LogP contribution in [-0.4, -0.2) is 18.0 Å². The molecule has 1 heterocycles. The van der Waals surface area contributed by atoms with Gasteiger partial charge < -0.3 is 13.8 Å². The van der Waals surface area contributed by atoms with Crippen molar-refractivity contribution in [1.29, 1.82) is 0 Å². The van der Waals surface area contributed by atoms with Crippen molar-refractivity contribution in [2.45, 2.75) is 38.3 Å². The molecule has 7 unspecified atom stereocenters. The van der Waals surface area contributed by atoms with Gasteiger partial charge in [0, 0.05) is 11.3 Å². The number of hydrogen-bond acceptors (Lipinski definition) is 3. The van der Waals surface area contributed by atoms with Gasteiger partial charge in [0.25, 0.3) is 0 Å². The fraction of sp³-hybridized carbons (Fsp3) is 0.778. The molecule has 3 nitrogen and oxygen atoms in total. The monoisotopic (exact) mass is 428 g/mol. The molecule has 0 aromatic rings. The second-order valence-electron chi connectivity index (χ2n) is 4.23. The Morgan fingerprint density at radius 1 is 1.45 bits per heavy atom. The van der Waals surface area contributed by atoms with Gasteiger partial charge in [0.1, 0.15) is 0 Å². The van der Waals surface area contributed by atoms with E-state index in [-0.39, 0.29) is 12.0 Å². The van der Waals surface area contributed by atoms with Crippen LogP contribution < -0.4 is 0 Å². The molecule has 0 spiro atoms. The Balaban J connectivity index is 3.12. The smallest absolute Gasteiger partial charge is 0.203 e. The molecule has 0 saturated carbocycles. The maximum Gasteiger partial charge on any atom is 0.203 e. The van der Waals surface area contributed by atoms with Crippen molar-refractivity contribution in [1.82, 2.24) is 0 Å². The van der Waals surface area contributed by atoms with Crippen LogP contribution in [0, 0.1) is 17.2 Å². The van der Waals surface area contributed by atoms with E-state index in [2.05, 4.69) is 60.9 Å². The Morgan fingerprint density at radius 2 is 2.10 bits per heavy atom. The average molecular weight is 429 g/mol. The lowest BCUT2D eigenvalue weighted by Crippen LogP contribution is -2.43. The van der Waals surface area contributed by atoms with Crippen LogP contribution in [-0.2, 0) is 13.8 Å². The lowest BCUT2D eigenvalue weighted by Gasteiger charge is -2.34. The third-order valence-electron chi connectivity index (χ3n) is 3.12. The van der Waals surface area contributed by atoms with Gasteiger partial charge in [-0.05, 0) is 31.9 Å². The molecule has 1 rings (SSSR count). The molecular formula is C9H20ClO3P7. The van der Waals surface area contributed by atoms with E-state index in [0.29, 0.717) is 7.96 Å². The van der Waals surface area contributed by atoms with Crippen LogP contribution >= 0.6 is 70.3 Å². The highest BCUT2D eigenvalue weighted by molar-refractivity contribution is 8.59. The summed E-state index contributed by atoms with van der Waals surface area (Å²) in [6.07, 6.45) is 0.435. The fourth-order valence-corrected chi connectivity index (χ4v) is 5.64. The summed E-state index contributed by atoms with van der Waals surface area (Å²) in [6, 6.07) is 0. The van der Waals surface area contributed by atoms with Gasteiger partial charge in [-0.15, -0.1) is 8.93 Å². The number of halogens is 1. The Labute approximate surface area is 139 Å². The normalized spacial score (nSPS) is 35.5. The number of ether oxygens (including phenoxy) is 1. The maximum absolute atomic E-state index is 6.25. The van der Waals surface area contributed by atoms with Crippen LogP contribution in [0.3, 0.4) is 0 Å². The van der Waals surface area contributed by atoms with Crippen molar-refractivity contribution in [3.05, 3.63) is 0 Å². The lowest BCUT2D eigenvalue weighted by atomic mass is 9.87. The van der Waals surface area contributed by atoms with Crippen molar-refractivity contribution in [3.8, 4) is 11.3 Å². The predicted octanol–water partition coefficient (Wildman–Crippen LogP) is 5.28. The van der Waals surface area contributed by atoms with Gasteiger partial charge in [-0.1, -0.05) is 40.6 Å². The molecule has 11 heteroatoms. The molecule has 0 aliphatic carbocycles. The summed E-state index contributed by atoms with van der Waals surface area (Å²) in [5.41, 5.74) is -0.798. The predicted molar refractivity (Wildman–Crippen MR) is 108 cm³/mol. The highest BCUT2D eigenvalue weighted by Gasteiger charge is 2.56. The van der Waals surface area contributed by atoms with Gasteiger partial charge in [0.2, 0.25) is 6.29 Å². The molecule has 0 aromatic carbocycles. The minimum atomic E-state index is -0.798. The Hall–Kier alpha value is 2.74. The first-order valence-electron chi connectivity index (χ1n) is 5.86. The first kappa shape index (κ1) is 20.8. The standard InChI is InChI=1S/C9H20ClO3P7/c1-3-7-6(2)9(4-5-10,13-20(17)18-14)8(11-7)12-19(15)16/h6-8,18H,3,14-17H2,1-2H3/t6-,7-,8?,9-,20?/m1/s1. The number of hydrogen-bond donors (Lipinski definition) is 0. The van der Waals surface area contributed by atoms with Crippen LogP contribution in [0.15, 0.2) is 0 Å². The Bertz CT molecular complexity index is 376. The van der Waals surface area contributed by atoms with Gasteiger partial charge in [0.05, 0.1) is 21.2 Å². The third-order valence-corrected chi connectivity index (χ3v) is 12.8. The first-order valence-corrected chi connectivity index (χ1v) is 17.3. The second-order valence-corrected chi connectivity index (χ2v) is 18.7. The molecule has 0 aromatic heterocycles. The molecule has 0 radical (unpaired) electrons. The van der Waals surface area contributed by atoms with E-state index >= 15 is 0 Å². The largest absolute Gasteiger partial charge is 0.345 e. The maximum atomic E-state index is 6.25. The van der Waals surface area contributed by atoms with E-state index in [1.165, 1.54) is 0 Å². The highest BCUT2D eigenvalue weighted by atomic mass is 35.5. The summed E-state index contributed by atoms with van der Waals surface area (Å²) in [5.74, 6) is 3.12.